The van der Waals surface area contributed by atoms with Gasteiger partial charge in [-0.15, -0.1) is 0 Å². The Hall–Kier alpha value is -1.32. The van der Waals surface area contributed by atoms with Gasteiger partial charge in [-0.25, -0.2) is 0 Å². The summed E-state index contributed by atoms with van der Waals surface area (Å²) < 4.78 is 5.66. The minimum absolute atomic E-state index is 0.0340. The summed E-state index contributed by atoms with van der Waals surface area (Å²) in [5.74, 6) is 0.324. The van der Waals surface area contributed by atoms with Gasteiger partial charge in [-0.2, -0.15) is 0 Å². The van der Waals surface area contributed by atoms with Gasteiger partial charge < -0.3 is 10.2 Å². The van der Waals surface area contributed by atoms with Crippen molar-refractivity contribution in [1.29, 1.82) is 0 Å². The molecule has 1 fully saturated rings. The van der Waals surface area contributed by atoms with E-state index in [9.17, 15) is 4.79 Å². The zero-order valence-corrected chi connectivity index (χ0v) is 12.0. The second-order valence-corrected chi connectivity index (χ2v) is 6.00. The van der Waals surface area contributed by atoms with Crippen molar-refractivity contribution in [3.05, 3.63) is 35.0 Å². The highest BCUT2D eigenvalue weighted by Gasteiger charge is 2.29. The molecule has 1 aromatic carbocycles. The number of benzene rings is 1. The third-order valence-corrected chi connectivity index (χ3v) is 4.36. The highest BCUT2D eigenvalue weighted by molar-refractivity contribution is 6.31. The number of rotatable bonds is 2. The number of hydrogen-bond acceptors (Lipinski definition) is 3. The van der Waals surface area contributed by atoms with E-state index in [1.54, 1.807) is 18.2 Å². The molecule has 1 saturated carbocycles. The van der Waals surface area contributed by atoms with E-state index >= 15 is 0 Å². The maximum Gasteiger partial charge on any atom is 0.202 e. The second kappa shape index (κ2) is 5.58. The molecule has 2 aromatic rings. The van der Waals surface area contributed by atoms with Gasteiger partial charge in [0, 0.05) is 22.4 Å². The van der Waals surface area contributed by atoms with Crippen molar-refractivity contribution in [2.75, 3.05) is 0 Å². The molecule has 1 heterocycles. The molecule has 20 heavy (non-hydrogen) atoms. The summed E-state index contributed by atoms with van der Waals surface area (Å²) in [6.07, 6.45) is 5.12. The largest absolute Gasteiger partial charge is 0.453 e. The lowest BCUT2D eigenvalue weighted by Gasteiger charge is -2.18. The molecular weight excluding hydrogens is 274 g/mol. The summed E-state index contributed by atoms with van der Waals surface area (Å²) >= 11 is 5.95. The van der Waals surface area contributed by atoms with Crippen LogP contribution in [0, 0.1) is 5.92 Å². The zero-order valence-electron chi connectivity index (χ0n) is 11.3. The Morgan fingerprint density at radius 1 is 1.20 bits per heavy atom. The number of carbonyl (C=O) groups is 1. The monoisotopic (exact) mass is 291 g/mol. The molecule has 1 aliphatic carbocycles. The molecule has 2 N–H and O–H groups in total. The summed E-state index contributed by atoms with van der Waals surface area (Å²) in [6, 6.07) is 7.09. The van der Waals surface area contributed by atoms with Gasteiger partial charge in [-0.05, 0) is 37.1 Å². The predicted octanol–water partition coefficient (Wildman–Crippen LogP) is 4.18. The lowest BCUT2D eigenvalue weighted by Crippen LogP contribution is -2.34. The summed E-state index contributed by atoms with van der Waals surface area (Å²) in [5.41, 5.74) is 6.85. The molecule has 0 amide bonds. The molecule has 0 spiro atoms. The lowest BCUT2D eigenvalue weighted by atomic mass is 9.90. The van der Waals surface area contributed by atoms with Gasteiger partial charge in [-0.3, -0.25) is 4.79 Å². The second-order valence-electron chi connectivity index (χ2n) is 5.57. The molecule has 1 aliphatic rings. The number of halogens is 1. The molecule has 1 aromatic heterocycles. The van der Waals surface area contributed by atoms with Crippen LogP contribution in [0.1, 0.15) is 42.7 Å². The van der Waals surface area contributed by atoms with Crippen LogP contribution in [0.2, 0.25) is 5.02 Å². The Labute approximate surface area is 123 Å². The normalized spacial score (nSPS) is 23.7. The average Bonchev–Trinajstić information content (AvgIpc) is 2.72. The van der Waals surface area contributed by atoms with Crippen LogP contribution in [0.15, 0.2) is 28.7 Å². The Morgan fingerprint density at radius 3 is 2.85 bits per heavy atom. The minimum atomic E-state index is -0.117. The average molecular weight is 292 g/mol. The fraction of sp³-hybridized carbons (Fsp3) is 0.438. The molecule has 0 aliphatic heterocycles. The molecule has 2 atom stereocenters. The van der Waals surface area contributed by atoms with Crippen molar-refractivity contribution < 1.29 is 9.21 Å². The molecule has 2 unspecified atom stereocenters. The molecule has 3 nitrogen and oxygen atoms in total. The number of Topliss-reactive ketones (excluding diaryl/α,β-unsaturated/α-hetero) is 1. The summed E-state index contributed by atoms with van der Waals surface area (Å²) in [5, 5.41) is 1.51. The van der Waals surface area contributed by atoms with Gasteiger partial charge in [0.25, 0.3) is 0 Å². The SMILES string of the molecule is NC1CCCCCC1C(=O)c1cc2cc(Cl)ccc2o1. The Morgan fingerprint density at radius 2 is 2.00 bits per heavy atom. The van der Waals surface area contributed by atoms with Crippen molar-refractivity contribution in [2.45, 2.75) is 38.1 Å². The number of hydrogen-bond donors (Lipinski definition) is 1. The molecule has 4 heteroatoms. The number of furan rings is 1. The van der Waals surface area contributed by atoms with Gasteiger partial charge in [0.05, 0.1) is 0 Å². The van der Waals surface area contributed by atoms with E-state index in [1.807, 2.05) is 6.07 Å². The Kier molecular flexibility index (Phi) is 3.81. The van der Waals surface area contributed by atoms with E-state index in [1.165, 1.54) is 0 Å². The van der Waals surface area contributed by atoms with E-state index in [0.29, 0.717) is 16.4 Å². The lowest BCUT2D eigenvalue weighted by molar-refractivity contribution is 0.0868. The van der Waals surface area contributed by atoms with Crippen LogP contribution < -0.4 is 5.73 Å². The van der Waals surface area contributed by atoms with E-state index in [0.717, 1.165) is 37.5 Å². The number of nitrogens with two attached hydrogens (primary N) is 1. The molecule has 0 radical (unpaired) electrons. The first-order valence-electron chi connectivity index (χ1n) is 7.14. The third-order valence-electron chi connectivity index (χ3n) is 4.13. The van der Waals surface area contributed by atoms with Crippen LogP contribution in [0.5, 0.6) is 0 Å². The van der Waals surface area contributed by atoms with Crippen molar-refractivity contribution in [2.24, 2.45) is 11.7 Å². The van der Waals surface area contributed by atoms with Crippen molar-refractivity contribution in [1.82, 2.24) is 0 Å². The molecule has 0 saturated heterocycles. The third kappa shape index (κ3) is 2.60. The number of fused-ring (bicyclic) bond motifs is 1. The molecule has 3 rings (SSSR count). The fourth-order valence-electron chi connectivity index (χ4n) is 2.98. The van der Waals surface area contributed by atoms with Crippen LogP contribution in [-0.2, 0) is 0 Å². The van der Waals surface area contributed by atoms with Gasteiger partial charge in [0.15, 0.2) is 5.76 Å². The van der Waals surface area contributed by atoms with E-state index < -0.39 is 0 Å². The molecule has 0 bridgehead atoms. The quantitative estimate of drug-likeness (QED) is 0.667. The minimum Gasteiger partial charge on any atom is -0.453 e. The predicted molar refractivity (Wildman–Crippen MR) is 80.1 cm³/mol. The van der Waals surface area contributed by atoms with E-state index in [-0.39, 0.29) is 17.7 Å². The summed E-state index contributed by atoms with van der Waals surface area (Å²) in [4.78, 5) is 12.6. The van der Waals surface area contributed by atoms with Crippen LogP contribution in [0.3, 0.4) is 0 Å². The standard InChI is InChI=1S/C16H18ClNO2/c17-11-6-7-14-10(8-11)9-15(20-14)16(19)12-4-2-1-3-5-13(12)18/h6-9,12-13H,1-5,18H2. The van der Waals surface area contributed by atoms with Gasteiger partial charge in [-0.1, -0.05) is 30.9 Å². The van der Waals surface area contributed by atoms with Crippen LogP contribution >= 0.6 is 11.6 Å². The first-order chi connectivity index (χ1) is 9.65. The first kappa shape index (κ1) is 13.7. The number of ketones is 1. The fourth-order valence-corrected chi connectivity index (χ4v) is 3.16. The van der Waals surface area contributed by atoms with Gasteiger partial charge in [0.2, 0.25) is 5.78 Å². The Bertz CT molecular complexity index is 634. The van der Waals surface area contributed by atoms with Crippen LogP contribution in [0.25, 0.3) is 11.0 Å². The van der Waals surface area contributed by atoms with Crippen molar-refractivity contribution in [3.8, 4) is 0 Å². The first-order valence-corrected chi connectivity index (χ1v) is 7.52. The number of carbonyl (C=O) groups excluding carboxylic acids is 1. The van der Waals surface area contributed by atoms with E-state index in [4.69, 9.17) is 21.8 Å². The van der Waals surface area contributed by atoms with Crippen LogP contribution in [0.4, 0.5) is 0 Å². The van der Waals surface area contributed by atoms with E-state index in [2.05, 4.69) is 0 Å². The maximum absolute atomic E-state index is 12.6. The molecule has 106 valence electrons. The smallest absolute Gasteiger partial charge is 0.202 e. The molecular formula is C16H18ClNO2. The van der Waals surface area contributed by atoms with Gasteiger partial charge in [0.1, 0.15) is 5.58 Å². The highest BCUT2D eigenvalue weighted by atomic mass is 35.5. The van der Waals surface area contributed by atoms with Gasteiger partial charge >= 0.3 is 0 Å². The Balaban J connectivity index is 1.91. The highest BCUT2D eigenvalue weighted by Crippen LogP contribution is 2.29. The van der Waals surface area contributed by atoms with Crippen molar-refractivity contribution in [3.63, 3.8) is 0 Å². The van der Waals surface area contributed by atoms with Crippen molar-refractivity contribution >= 4 is 28.4 Å². The summed E-state index contributed by atoms with van der Waals surface area (Å²) in [7, 11) is 0. The topological polar surface area (TPSA) is 56.2 Å². The van der Waals surface area contributed by atoms with Crippen LogP contribution in [-0.4, -0.2) is 11.8 Å². The summed E-state index contributed by atoms with van der Waals surface area (Å²) in [6.45, 7) is 0. The maximum atomic E-state index is 12.6. The zero-order chi connectivity index (χ0) is 14.1.